The second-order valence-corrected chi connectivity index (χ2v) is 5.69. The van der Waals surface area contributed by atoms with Crippen molar-refractivity contribution in [2.45, 2.75) is 52.5 Å². The van der Waals surface area contributed by atoms with E-state index in [0.29, 0.717) is 0 Å². The Morgan fingerprint density at radius 3 is 2.20 bits per heavy atom. The molecule has 2 saturated carbocycles. The minimum atomic E-state index is 0.848. The lowest BCUT2D eigenvalue weighted by atomic mass is 9.73. The molecule has 1 heterocycles. The van der Waals surface area contributed by atoms with Gasteiger partial charge in [-0.25, -0.2) is 0 Å². The van der Waals surface area contributed by atoms with E-state index in [-0.39, 0.29) is 0 Å². The highest BCUT2D eigenvalue weighted by atomic mass is 15.1. The van der Waals surface area contributed by atoms with Gasteiger partial charge < -0.3 is 4.90 Å². The van der Waals surface area contributed by atoms with Gasteiger partial charge in [0.15, 0.2) is 0 Å². The lowest BCUT2D eigenvalue weighted by Gasteiger charge is -2.43. The Kier molecular flexibility index (Phi) is 3.39. The van der Waals surface area contributed by atoms with Gasteiger partial charge in [-0.3, -0.25) is 0 Å². The maximum absolute atomic E-state index is 2.59. The summed E-state index contributed by atoms with van der Waals surface area (Å²) in [4.78, 5) is 2.59. The molecule has 0 spiro atoms. The van der Waals surface area contributed by atoms with Gasteiger partial charge >= 0.3 is 0 Å². The minimum Gasteiger partial charge on any atom is -0.303 e. The first-order chi connectivity index (χ1) is 7.25. The van der Waals surface area contributed by atoms with Crippen LogP contribution in [0.15, 0.2) is 0 Å². The summed E-state index contributed by atoms with van der Waals surface area (Å²) in [5, 5.41) is 0. The Labute approximate surface area is 95.2 Å². The van der Waals surface area contributed by atoms with E-state index in [1.54, 1.807) is 19.3 Å². The molecule has 3 fully saturated rings. The number of rotatable bonds is 0. The van der Waals surface area contributed by atoms with Crippen LogP contribution in [0.3, 0.4) is 0 Å². The van der Waals surface area contributed by atoms with Crippen molar-refractivity contribution in [1.29, 1.82) is 0 Å². The van der Waals surface area contributed by atoms with E-state index in [4.69, 9.17) is 0 Å². The maximum atomic E-state index is 2.59. The Hall–Kier alpha value is -0.0400. The topological polar surface area (TPSA) is 3.24 Å². The average molecular weight is 209 g/mol. The van der Waals surface area contributed by atoms with E-state index in [0.717, 1.165) is 29.7 Å². The molecule has 0 aromatic heterocycles. The van der Waals surface area contributed by atoms with Gasteiger partial charge in [-0.2, -0.15) is 0 Å². The molecule has 1 saturated heterocycles. The van der Waals surface area contributed by atoms with E-state index >= 15 is 0 Å². The van der Waals surface area contributed by atoms with Gasteiger partial charge in [0.1, 0.15) is 0 Å². The van der Waals surface area contributed by atoms with Crippen LogP contribution in [0.5, 0.6) is 0 Å². The van der Waals surface area contributed by atoms with E-state index in [1.165, 1.54) is 13.0 Å². The average Bonchev–Trinajstić information content (AvgIpc) is 2.83. The molecule has 5 atom stereocenters. The van der Waals surface area contributed by atoms with Crippen LogP contribution in [0.1, 0.15) is 46.5 Å². The van der Waals surface area contributed by atoms with Crippen molar-refractivity contribution in [3.8, 4) is 0 Å². The number of likely N-dealkylation sites (tertiary alicyclic amines) is 1. The van der Waals surface area contributed by atoms with Crippen LogP contribution in [0.25, 0.3) is 0 Å². The summed E-state index contributed by atoms with van der Waals surface area (Å²) < 4.78 is 0. The third kappa shape index (κ3) is 1.84. The second kappa shape index (κ2) is 4.45. The summed E-state index contributed by atoms with van der Waals surface area (Å²) in [5.74, 6) is 4.45. The van der Waals surface area contributed by atoms with Crippen LogP contribution >= 0.6 is 0 Å². The summed E-state index contributed by atoms with van der Waals surface area (Å²) in [6.07, 6.45) is 6.18. The Morgan fingerprint density at radius 2 is 1.53 bits per heavy atom. The van der Waals surface area contributed by atoms with Crippen molar-refractivity contribution in [2.75, 3.05) is 13.6 Å². The van der Waals surface area contributed by atoms with Crippen molar-refractivity contribution in [2.24, 2.45) is 23.7 Å². The first-order valence-corrected chi connectivity index (χ1v) is 6.96. The highest BCUT2D eigenvalue weighted by Crippen LogP contribution is 2.55. The van der Waals surface area contributed by atoms with Crippen molar-refractivity contribution in [3.05, 3.63) is 0 Å². The van der Waals surface area contributed by atoms with Gasteiger partial charge in [0.25, 0.3) is 0 Å². The van der Waals surface area contributed by atoms with Gasteiger partial charge in [-0.1, -0.05) is 13.8 Å². The molecular formula is C14H27N. The smallest absolute Gasteiger partial charge is 0.00668 e. The van der Waals surface area contributed by atoms with E-state index in [9.17, 15) is 0 Å². The molecule has 1 heteroatoms. The molecule has 2 aliphatic carbocycles. The third-order valence-corrected chi connectivity index (χ3v) is 5.14. The van der Waals surface area contributed by atoms with Gasteiger partial charge in [0.2, 0.25) is 0 Å². The predicted octanol–water partition coefficient (Wildman–Crippen LogP) is 3.40. The first-order valence-electron chi connectivity index (χ1n) is 6.96. The number of piperidine rings is 1. The molecule has 1 aliphatic heterocycles. The normalized spacial score (nSPS) is 48.4. The molecule has 88 valence electrons. The van der Waals surface area contributed by atoms with Gasteiger partial charge in [-0.05, 0) is 63.3 Å². The van der Waals surface area contributed by atoms with Crippen molar-refractivity contribution in [3.63, 3.8) is 0 Å². The molecule has 1 nitrogen and oxygen atoms in total. The standard InChI is InChI=1S/C12H21N.C2H6/c1-8-5-11-9-3-4-10(6-9)12(11)7-13(8)2;1-2/h8-12H,3-7H2,1-2H3;1-2H3. The van der Waals surface area contributed by atoms with E-state index < -0.39 is 0 Å². The lowest BCUT2D eigenvalue weighted by Crippen LogP contribution is -2.45. The zero-order valence-electron chi connectivity index (χ0n) is 10.9. The maximum Gasteiger partial charge on any atom is 0.00668 e. The SMILES string of the molecule is CC.CC1CC2C3CCC(C3)C2CN1C. The van der Waals surface area contributed by atoms with Crippen LogP contribution in [-0.2, 0) is 0 Å². The monoisotopic (exact) mass is 209 g/mol. The fourth-order valence-corrected chi connectivity index (χ4v) is 4.27. The molecule has 0 amide bonds. The van der Waals surface area contributed by atoms with Crippen molar-refractivity contribution < 1.29 is 0 Å². The first kappa shape index (κ1) is 11.4. The minimum absolute atomic E-state index is 0.848. The third-order valence-electron chi connectivity index (χ3n) is 5.14. The fourth-order valence-electron chi connectivity index (χ4n) is 4.27. The van der Waals surface area contributed by atoms with E-state index in [1.807, 2.05) is 13.8 Å². The molecule has 3 aliphatic rings. The summed E-state index contributed by atoms with van der Waals surface area (Å²) in [7, 11) is 2.31. The Balaban J connectivity index is 0.000000404. The molecule has 0 aromatic carbocycles. The summed E-state index contributed by atoms with van der Waals surface area (Å²) in [6.45, 7) is 7.80. The summed E-state index contributed by atoms with van der Waals surface area (Å²) in [5.41, 5.74) is 0. The van der Waals surface area contributed by atoms with Crippen LogP contribution in [0.2, 0.25) is 0 Å². The second-order valence-electron chi connectivity index (χ2n) is 5.69. The molecule has 2 bridgehead atoms. The van der Waals surface area contributed by atoms with Gasteiger partial charge in [0, 0.05) is 12.6 Å². The molecule has 15 heavy (non-hydrogen) atoms. The number of nitrogens with zero attached hydrogens (tertiary/aromatic N) is 1. The zero-order valence-corrected chi connectivity index (χ0v) is 10.9. The van der Waals surface area contributed by atoms with Crippen molar-refractivity contribution in [1.82, 2.24) is 4.90 Å². The fraction of sp³-hybridized carbons (Fsp3) is 1.00. The molecule has 0 aromatic rings. The Morgan fingerprint density at radius 1 is 0.933 bits per heavy atom. The zero-order chi connectivity index (χ0) is 11.0. The van der Waals surface area contributed by atoms with Crippen LogP contribution in [-0.4, -0.2) is 24.5 Å². The van der Waals surface area contributed by atoms with Crippen molar-refractivity contribution >= 4 is 0 Å². The highest BCUT2D eigenvalue weighted by Gasteiger charge is 2.49. The van der Waals surface area contributed by atoms with Crippen LogP contribution < -0.4 is 0 Å². The van der Waals surface area contributed by atoms with E-state index in [2.05, 4.69) is 18.9 Å². The largest absolute Gasteiger partial charge is 0.303 e. The predicted molar refractivity (Wildman–Crippen MR) is 65.9 cm³/mol. The highest BCUT2D eigenvalue weighted by molar-refractivity contribution is 5.00. The van der Waals surface area contributed by atoms with Gasteiger partial charge in [0.05, 0.1) is 0 Å². The van der Waals surface area contributed by atoms with Crippen LogP contribution in [0, 0.1) is 23.7 Å². The van der Waals surface area contributed by atoms with Gasteiger partial charge in [-0.15, -0.1) is 0 Å². The molecule has 0 radical (unpaired) electrons. The van der Waals surface area contributed by atoms with Crippen LogP contribution in [0.4, 0.5) is 0 Å². The molecule has 5 unspecified atom stereocenters. The summed E-state index contributed by atoms with van der Waals surface area (Å²) >= 11 is 0. The quantitative estimate of drug-likeness (QED) is 0.591. The molecular weight excluding hydrogens is 182 g/mol. The molecule has 3 rings (SSSR count). The number of hydrogen-bond donors (Lipinski definition) is 0. The number of hydrogen-bond acceptors (Lipinski definition) is 1. The molecule has 0 N–H and O–H groups in total. The lowest BCUT2D eigenvalue weighted by molar-refractivity contribution is 0.0580. The Bertz CT molecular complexity index is 191. The number of fused-ring (bicyclic) bond motifs is 5. The summed E-state index contributed by atoms with van der Waals surface area (Å²) in [6, 6.07) is 0.848.